The largest absolute Gasteiger partial charge is 0.494 e. The SMILES string of the molecule is O=C(NCCON(O)O)OCN1C(=O)CCc2cc(OCCCCc3nnnn3C3CCCCC3)ccc21. The molecule has 2 aliphatic rings. The molecule has 0 saturated heterocycles. The molecule has 14 nitrogen and oxygen atoms in total. The van der Waals surface area contributed by atoms with Crippen LogP contribution in [0, 0.1) is 0 Å². The zero-order chi connectivity index (χ0) is 26.7. The Morgan fingerprint density at radius 3 is 2.79 bits per heavy atom. The minimum Gasteiger partial charge on any atom is -0.494 e. The number of alkyl carbamates (subject to hydrolysis) is 1. The highest BCUT2D eigenvalue weighted by Crippen LogP contribution is 2.31. The van der Waals surface area contributed by atoms with Crippen LogP contribution in [0.15, 0.2) is 18.2 Å². The number of fused-ring (bicyclic) bond motifs is 1. The molecule has 208 valence electrons. The molecule has 1 fully saturated rings. The van der Waals surface area contributed by atoms with E-state index in [1.54, 1.807) is 12.1 Å². The van der Waals surface area contributed by atoms with Gasteiger partial charge in [-0.1, -0.05) is 19.3 Å². The normalized spacial score (nSPS) is 16.0. The molecule has 3 N–H and O–H groups in total. The maximum Gasteiger partial charge on any atom is 0.408 e. The third-order valence-electron chi connectivity index (χ3n) is 6.70. The Kier molecular flexibility index (Phi) is 10.2. The van der Waals surface area contributed by atoms with Gasteiger partial charge >= 0.3 is 6.09 Å². The molecule has 2 aromatic rings. The van der Waals surface area contributed by atoms with Gasteiger partial charge in [0.2, 0.25) is 5.91 Å². The van der Waals surface area contributed by atoms with Crippen LogP contribution in [0.5, 0.6) is 5.75 Å². The number of nitrogens with one attached hydrogen (secondary N) is 1. The molecule has 1 saturated carbocycles. The lowest BCUT2D eigenvalue weighted by Crippen LogP contribution is -2.39. The molecule has 0 radical (unpaired) electrons. The Morgan fingerprint density at radius 2 is 1.97 bits per heavy atom. The number of ether oxygens (including phenoxy) is 2. The summed E-state index contributed by atoms with van der Waals surface area (Å²) in [5.74, 6) is 1.53. The monoisotopic (exact) mass is 533 g/mol. The average molecular weight is 534 g/mol. The highest BCUT2D eigenvalue weighted by atomic mass is 17.1. The minimum absolute atomic E-state index is 0.0146. The molecule has 0 atom stereocenters. The fourth-order valence-electron chi connectivity index (χ4n) is 4.78. The molecule has 1 aliphatic heterocycles. The molecule has 0 unspecified atom stereocenters. The van der Waals surface area contributed by atoms with Crippen molar-refractivity contribution < 1.29 is 34.3 Å². The Labute approximate surface area is 220 Å². The van der Waals surface area contributed by atoms with Gasteiger partial charge in [-0.2, -0.15) is 0 Å². The maximum absolute atomic E-state index is 12.4. The number of tetrazole rings is 1. The molecule has 0 spiro atoms. The van der Waals surface area contributed by atoms with E-state index in [4.69, 9.17) is 19.9 Å². The Morgan fingerprint density at radius 1 is 1.13 bits per heavy atom. The van der Waals surface area contributed by atoms with Crippen LogP contribution in [-0.4, -0.2) is 74.5 Å². The summed E-state index contributed by atoms with van der Waals surface area (Å²) in [7, 11) is 0. The second kappa shape index (κ2) is 14.0. The number of carbonyl (C=O) groups excluding carboxylic acids is 2. The summed E-state index contributed by atoms with van der Waals surface area (Å²) in [6, 6.07) is 5.95. The Bertz CT molecular complexity index is 1060. The molecule has 2 heterocycles. The zero-order valence-electron chi connectivity index (χ0n) is 21.3. The number of benzene rings is 1. The second-order valence-electron chi connectivity index (χ2n) is 9.32. The third-order valence-corrected chi connectivity index (χ3v) is 6.70. The van der Waals surface area contributed by atoms with Crippen LogP contribution < -0.4 is 15.0 Å². The lowest BCUT2D eigenvalue weighted by Gasteiger charge is -2.29. The molecular formula is C24H35N7O7. The van der Waals surface area contributed by atoms with Crippen molar-refractivity contribution in [3.8, 4) is 5.75 Å². The van der Waals surface area contributed by atoms with Gasteiger partial charge in [-0.05, 0) is 66.3 Å². The number of nitrogens with zero attached hydrogens (tertiary/aromatic N) is 6. The average Bonchev–Trinajstić information content (AvgIpc) is 3.39. The van der Waals surface area contributed by atoms with Gasteiger partial charge in [0, 0.05) is 19.4 Å². The first-order valence-corrected chi connectivity index (χ1v) is 13.1. The van der Waals surface area contributed by atoms with Gasteiger partial charge in [-0.3, -0.25) is 20.1 Å². The van der Waals surface area contributed by atoms with Crippen molar-refractivity contribution >= 4 is 17.7 Å². The first-order chi connectivity index (χ1) is 18.5. The predicted octanol–water partition coefficient (Wildman–Crippen LogP) is 2.55. The summed E-state index contributed by atoms with van der Waals surface area (Å²) in [5.41, 5.74) is 1.62. The quantitative estimate of drug-likeness (QED) is 0.256. The van der Waals surface area contributed by atoms with Crippen molar-refractivity contribution in [1.29, 1.82) is 0 Å². The summed E-state index contributed by atoms with van der Waals surface area (Å²) in [4.78, 5) is 30.0. The molecule has 14 heteroatoms. The van der Waals surface area contributed by atoms with E-state index < -0.39 is 11.5 Å². The topological polar surface area (TPSA) is 164 Å². The van der Waals surface area contributed by atoms with Gasteiger partial charge < -0.3 is 14.8 Å². The highest BCUT2D eigenvalue weighted by molar-refractivity contribution is 5.96. The lowest BCUT2D eigenvalue weighted by molar-refractivity contribution is -0.491. The fourth-order valence-corrected chi connectivity index (χ4v) is 4.78. The van der Waals surface area contributed by atoms with E-state index in [0.717, 1.165) is 49.2 Å². The smallest absolute Gasteiger partial charge is 0.408 e. The maximum atomic E-state index is 12.4. The van der Waals surface area contributed by atoms with E-state index in [1.807, 2.05) is 10.7 Å². The number of unbranched alkanes of at least 4 members (excludes halogenated alkanes) is 1. The summed E-state index contributed by atoms with van der Waals surface area (Å²) >= 11 is 0. The first-order valence-electron chi connectivity index (χ1n) is 13.1. The molecule has 2 amide bonds. The lowest BCUT2D eigenvalue weighted by atomic mass is 9.95. The predicted molar refractivity (Wildman–Crippen MR) is 131 cm³/mol. The fraction of sp³-hybridized carbons (Fsp3) is 0.625. The van der Waals surface area contributed by atoms with Crippen molar-refractivity contribution in [1.82, 2.24) is 30.9 Å². The first kappa shape index (κ1) is 27.7. The van der Waals surface area contributed by atoms with Gasteiger partial charge in [-0.15, -0.1) is 5.10 Å². The van der Waals surface area contributed by atoms with Crippen LogP contribution in [-0.2, 0) is 27.2 Å². The van der Waals surface area contributed by atoms with Gasteiger partial charge in [0.1, 0.15) is 5.75 Å². The van der Waals surface area contributed by atoms with Crippen LogP contribution >= 0.6 is 0 Å². The van der Waals surface area contributed by atoms with E-state index in [9.17, 15) is 9.59 Å². The number of carbonyl (C=O) groups is 2. The summed E-state index contributed by atoms with van der Waals surface area (Å²) in [5, 5.41) is 31.2. The number of anilines is 1. The zero-order valence-corrected chi connectivity index (χ0v) is 21.3. The second-order valence-corrected chi connectivity index (χ2v) is 9.32. The number of rotatable bonds is 13. The van der Waals surface area contributed by atoms with Crippen LogP contribution in [0.3, 0.4) is 0 Å². The number of hydrogen-bond acceptors (Lipinski definition) is 11. The van der Waals surface area contributed by atoms with Crippen LogP contribution in [0.4, 0.5) is 10.5 Å². The van der Waals surface area contributed by atoms with E-state index in [0.29, 0.717) is 31.2 Å². The van der Waals surface area contributed by atoms with Crippen molar-refractivity contribution in [3.63, 3.8) is 0 Å². The van der Waals surface area contributed by atoms with Crippen molar-refractivity contribution in [2.75, 3.05) is 31.4 Å². The molecule has 0 bridgehead atoms. The van der Waals surface area contributed by atoms with Crippen molar-refractivity contribution in [2.24, 2.45) is 0 Å². The molecule has 1 aliphatic carbocycles. The standard InChI is InChI=1S/C24H35N7O7/c32-23-12-9-18-16-20(10-11-21(18)29(23)17-37-24(33)25-13-15-38-31(34)35)36-14-5-4-8-22-26-27-28-30(22)19-6-2-1-3-7-19/h10-11,16,19,34-35H,1-9,12-15,17H2,(H,25,33). The highest BCUT2D eigenvalue weighted by Gasteiger charge is 2.25. The summed E-state index contributed by atoms with van der Waals surface area (Å²) < 4.78 is 13.1. The van der Waals surface area contributed by atoms with Gasteiger partial charge in [-0.25, -0.2) is 14.3 Å². The van der Waals surface area contributed by atoms with E-state index in [1.165, 1.54) is 24.2 Å². The van der Waals surface area contributed by atoms with Crippen LogP contribution in [0.1, 0.15) is 68.8 Å². The Balaban J connectivity index is 1.20. The summed E-state index contributed by atoms with van der Waals surface area (Å²) in [6.45, 7) is 0.129. The van der Waals surface area contributed by atoms with Gasteiger partial charge in [0.05, 0.1) is 30.3 Å². The van der Waals surface area contributed by atoms with Crippen LogP contribution in [0.2, 0.25) is 0 Å². The molecule has 4 rings (SSSR count). The van der Waals surface area contributed by atoms with Gasteiger partial charge in [0.15, 0.2) is 12.6 Å². The molecule has 38 heavy (non-hydrogen) atoms. The molecule has 1 aromatic heterocycles. The van der Waals surface area contributed by atoms with E-state index in [-0.39, 0.29) is 25.8 Å². The van der Waals surface area contributed by atoms with E-state index in [2.05, 4.69) is 25.7 Å². The molecular weight excluding hydrogens is 498 g/mol. The van der Waals surface area contributed by atoms with Crippen molar-refractivity contribution in [2.45, 2.75) is 70.3 Å². The minimum atomic E-state index is -0.760. The summed E-state index contributed by atoms with van der Waals surface area (Å²) in [6.07, 6.45) is 8.77. The Hall–Kier alpha value is -3.33. The van der Waals surface area contributed by atoms with E-state index >= 15 is 0 Å². The number of aromatic nitrogens is 4. The number of amides is 2. The molecule has 1 aromatic carbocycles. The van der Waals surface area contributed by atoms with Gasteiger partial charge in [0.25, 0.3) is 0 Å². The third kappa shape index (κ3) is 7.84. The van der Waals surface area contributed by atoms with Crippen LogP contribution in [0.25, 0.3) is 0 Å². The number of aryl methyl sites for hydroxylation is 2. The number of hydrogen-bond donors (Lipinski definition) is 3. The van der Waals surface area contributed by atoms with Crippen molar-refractivity contribution in [3.05, 3.63) is 29.6 Å².